The van der Waals surface area contributed by atoms with Crippen LogP contribution in [0.4, 0.5) is 22.7 Å². The van der Waals surface area contributed by atoms with Gasteiger partial charge in [-0.2, -0.15) is 0 Å². The molecule has 4 aromatic heterocycles. The average molecular weight is 1660 g/mol. The minimum atomic E-state index is -1.65. The molecule has 0 spiro atoms. The maximum Gasteiger partial charge on any atom is 0.396 e. The van der Waals surface area contributed by atoms with Crippen LogP contribution in [0.5, 0.6) is 46.5 Å². The summed E-state index contributed by atoms with van der Waals surface area (Å²) >= 11 is 71.4. The molecule has 0 bridgehead atoms. The molecule has 29 nitrogen and oxygen atoms in total. The molecule has 0 saturated carbocycles. The number of anilines is 4. The highest BCUT2D eigenvalue weighted by molar-refractivity contribution is 6.80. The van der Waals surface area contributed by atoms with Crippen LogP contribution in [0.25, 0.3) is 0 Å². The van der Waals surface area contributed by atoms with Crippen LogP contribution < -0.4 is 46.2 Å². The van der Waals surface area contributed by atoms with E-state index in [1.807, 2.05) is 55.4 Å². The molecule has 8 rings (SSSR count). The molecule has 4 heterocycles. The molecule has 548 valence electrons. The Hall–Kier alpha value is -8.56. The molecule has 41 heteroatoms. The van der Waals surface area contributed by atoms with Gasteiger partial charge in [0.2, 0.25) is 23.5 Å². The molecule has 0 radical (unpaired) electrons. The zero-order valence-corrected chi connectivity index (χ0v) is 63.6. The van der Waals surface area contributed by atoms with Crippen molar-refractivity contribution in [3.8, 4) is 46.5 Å². The Kier molecular flexibility index (Phi) is 34.1. The van der Waals surface area contributed by atoms with E-state index in [0.29, 0.717) is 26.4 Å². The highest BCUT2D eigenvalue weighted by Crippen LogP contribution is 2.43. The molecule has 0 saturated heterocycles. The summed E-state index contributed by atoms with van der Waals surface area (Å²) in [5.74, 6) is -7.21. The predicted molar refractivity (Wildman–Crippen MR) is 389 cm³/mol. The maximum atomic E-state index is 11.7. The Morgan fingerprint density at radius 1 is 0.398 bits per heavy atom. The molecule has 4 aromatic carbocycles. The van der Waals surface area contributed by atoms with E-state index in [0.717, 1.165) is 30.9 Å². The second-order valence-electron chi connectivity index (χ2n) is 21.2. The van der Waals surface area contributed by atoms with E-state index in [1.165, 1.54) is 42.5 Å². The predicted octanol–water partition coefficient (Wildman–Crippen LogP) is 16.7. The summed E-state index contributed by atoms with van der Waals surface area (Å²) in [5, 5.41) is 53.6. The van der Waals surface area contributed by atoms with Crippen LogP contribution in [-0.2, 0) is 47.8 Å². The Bertz CT molecular complexity index is 4480. The van der Waals surface area contributed by atoms with Gasteiger partial charge in [0, 0.05) is 52.6 Å². The minimum absolute atomic E-state index is 0.0206. The molecule has 8 aromatic rings. The summed E-state index contributed by atoms with van der Waals surface area (Å²) in [5.41, 5.74) is 8.97. The fraction of sp³-hybridized carbons (Fsp3) is 0.226. The van der Waals surface area contributed by atoms with Crippen LogP contribution in [0.2, 0.25) is 55.6 Å². The van der Waals surface area contributed by atoms with Gasteiger partial charge in [0.1, 0.15) is 0 Å². The van der Waals surface area contributed by atoms with Gasteiger partial charge in [-0.25, -0.2) is 24.3 Å². The number of amides is 3. The number of methoxy groups -OCH3 is 2. The van der Waals surface area contributed by atoms with E-state index in [1.54, 1.807) is 30.3 Å². The molecular weight excluding hydrogens is 1610 g/mol. The number of nitrogens with zero attached hydrogens (tertiary/aromatic N) is 7. The smallest absolute Gasteiger partial charge is 0.396 e. The first kappa shape index (κ1) is 86.8. The number of nitrogens with two attached hydrogens (primary N) is 1. The number of carboxylic acid groups (broad SMARTS) is 2. The Labute approximate surface area is 644 Å². The van der Waals surface area contributed by atoms with Gasteiger partial charge in [-0.3, -0.25) is 24.0 Å². The van der Waals surface area contributed by atoms with Gasteiger partial charge in [-0.15, -0.1) is 35.7 Å². The zero-order chi connectivity index (χ0) is 77.6. The lowest BCUT2D eigenvalue weighted by Gasteiger charge is -2.13. The summed E-state index contributed by atoms with van der Waals surface area (Å²) in [6, 6.07) is 17.4. The fourth-order valence-electron chi connectivity index (χ4n) is 7.37. The number of ether oxygens (including phenoxy) is 6. The number of aromatic nitrogens is 8. The highest BCUT2D eigenvalue weighted by Gasteiger charge is 2.23. The normalized spacial score (nSPS) is 10.5. The molecule has 0 aliphatic carbocycles. The van der Waals surface area contributed by atoms with Crippen molar-refractivity contribution in [1.29, 1.82) is 0 Å². The number of nitrogens with one attached hydrogen (secondary N) is 4. The third-order valence-corrected chi connectivity index (χ3v) is 15.6. The van der Waals surface area contributed by atoms with Crippen LogP contribution in [0.15, 0.2) is 77.6 Å². The summed E-state index contributed by atoms with van der Waals surface area (Å²) in [7, 11) is 2.18. The number of halogens is 12. The third-order valence-electron chi connectivity index (χ3n) is 12.3. The minimum Gasteiger partial charge on any atom is -0.474 e. The fourth-order valence-corrected chi connectivity index (χ4v) is 10.7. The van der Waals surface area contributed by atoms with Crippen LogP contribution in [0, 0.1) is 0 Å². The van der Waals surface area contributed by atoms with Gasteiger partial charge in [0.25, 0.3) is 5.56 Å². The number of aromatic amines is 1. The number of esters is 2. The molecule has 0 aliphatic heterocycles. The number of H-pyrrole nitrogens is 1. The number of carbonyl (C=O) groups is 8. The Balaban J connectivity index is 0.000000283. The van der Waals surface area contributed by atoms with Gasteiger partial charge in [-0.05, 0) is 100 Å². The van der Waals surface area contributed by atoms with Gasteiger partial charge in [0.05, 0.1) is 54.4 Å². The van der Waals surface area contributed by atoms with Crippen molar-refractivity contribution in [3.05, 3.63) is 161 Å². The monoisotopic (exact) mass is 1660 g/mol. The Morgan fingerprint density at radius 3 is 0.913 bits per heavy atom. The first-order chi connectivity index (χ1) is 48.2. The number of rotatable bonds is 16. The number of benzene rings is 4. The standard InChI is InChI=1S/C16H14Cl3N3O4.C15H12Cl3N3O4.C15H13Cl2N3O5.C13H12Cl3N3O.C3H3ClO3/c1-7(2)9-6-12(21-22-14(9)19)26-13-10(17)4-8(5-11(13)18)20-15(23)16(24)25-3;1-6(2)8-5-11(20-21-13(8)18)25-12-9(16)3-7(4-10(12)17)19-14(22)15(23)24;1-6(2)8-5-11(19-20-13(8)21)25-12-9(16)3-7(4-10(12)17)18-14(22)15(23)24;1-6(2)8-5-11(18-19-13(8)16)20-12-9(14)3-7(17)4-10(12)15;1-7-3(6)2(4)5/h4-7H,1-3H3,(H,20,23);3-6H,1-2H3,(H,19,22)(H,23,24);3-6H,1-2H3,(H,18,22)(H,20,21)(H,23,24);3-6H,17H2,1-2H3;1H3. The molecular formula is C62H54Cl12N12O17. The number of hydrogen-bond donors (Lipinski definition) is 7. The first-order valence-corrected chi connectivity index (χ1v) is 33.1. The first-order valence-electron chi connectivity index (χ1n) is 28.5. The van der Waals surface area contributed by atoms with Crippen LogP contribution in [0.3, 0.4) is 0 Å². The maximum absolute atomic E-state index is 11.7. The van der Waals surface area contributed by atoms with Gasteiger partial charge in [-0.1, -0.05) is 183 Å². The average Bonchev–Trinajstić information content (AvgIpc) is 0.834. The molecule has 0 aliphatic rings. The molecule has 103 heavy (non-hydrogen) atoms. The van der Waals surface area contributed by atoms with E-state index in [-0.39, 0.29) is 133 Å². The van der Waals surface area contributed by atoms with E-state index in [2.05, 4.69) is 77.8 Å². The number of aliphatic carboxylic acids is 2. The molecule has 0 atom stereocenters. The van der Waals surface area contributed by atoms with Crippen LogP contribution in [0.1, 0.15) is 101 Å². The van der Waals surface area contributed by atoms with E-state index in [4.69, 9.17) is 163 Å². The lowest BCUT2D eigenvalue weighted by Crippen LogP contribution is -2.23. The van der Waals surface area contributed by atoms with Gasteiger partial charge >= 0.3 is 46.8 Å². The topological polar surface area (TPSA) is 418 Å². The zero-order valence-electron chi connectivity index (χ0n) is 54.5. The van der Waals surface area contributed by atoms with E-state index in [9.17, 15) is 43.2 Å². The summed E-state index contributed by atoms with van der Waals surface area (Å²) in [4.78, 5) is 97.3. The van der Waals surface area contributed by atoms with Crippen molar-refractivity contribution in [3.63, 3.8) is 0 Å². The van der Waals surface area contributed by atoms with Crippen LogP contribution in [-0.4, -0.2) is 112 Å². The third kappa shape index (κ3) is 26.6. The summed E-state index contributed by atoms with van der Waals surface area (Å²) in [6.07, 6.45) is 0. The molecule has 0 unspecified atom stereocenters. The second kappa shape index (κ2) is 40.5. The quantitative estimate of drug-likeness (QED) is 0.0204. The van der Waals surface area contributed by atoms with E-state index >= 15 is 0 Å². The van der Waals surface area contributed by atoms with Crippen molar-refractivity contribution in [2.75, 3.05) is 35.9 Å². The second-order valence-corrected chi connectivity index (χ2v) is 25.8. The van der Waals surface area contributed by atoms with Gasteiger partial charge in [0.15, 0.2) is 38.5 Å². The van der Waals surface area contributed by atoms with Crippen molar-refractivity contribution in [2.24, 2.45) is 0 Å². The lowest BCUT2D eigenvalue weighted by atomic mass is 10.1. The highest BCUT2D eigenvalue weighted by atomic mass is 35.5. The molecule has 8 N–H and O–H groups in total. The number of carboxylic acids is 2. The van der Waals surface area contributed by atoms with E-state index < -0.39 is 46.8 Å². The molecule has 3 amide bonds. The lowest BCUT2D eigenvalue weighted by molar-refractivity contribution is -0.150. The Morgan fingerprint density at radius 2 is 0.660 bits per heavy atom. The molecule has 0 fully saturated rings. The summed E-state index contributed by atoms with van der Waals surface area (Å²) < 4.78 is 30.5. The SMILES string of the molecule is CC(C)c1cc(Oc2c(Cl)cc(N)cc2Cl)nnc1Cl.CC(C)c1cc(Oc2c(Cl)cc(NC(=O)C(=O)O)cc2Cl)n[nH]c1=O.CC(C)c1cc(Oc2c(Cl)cc(NC(=O)C(=O)O)cc2Cl)nnc1Cl.COC(=O)C(=O)Cl.COC(=O)C(=O)Nc1cc(Cl)c(Oc2cc(C(C)C)c(Cl)nn2)c(Cl)c1. The van der Waals surface area contributed by atoms with Crippen molar-refractivity contribution < 1.29 is 77.0 Å². The van der Waals surface area contributed by atoms with Gasteiger partial charge < -0.3 is 60.3 Å². The largest absolute Gasteiger partial charge is 0.474 e. The van der Waals surface area contributed by atoms with Crippen molar-refractivity contribution >= 4 is 209 Å². The summed E-state index contributed by atoms with van der Waals surface area (Å²) in [6.45, 7) is 15.4. The number of hydrogen-bond acceptors (Lipinski definition) is 23. The number of nitrogen functional groups attached to an aromatic ring is 1. The van der Waals surface area contributed by atoms with Crippen molar-refractivity contribution in [2.45, 2.75) is 79.1 Å². The number of carbonyl (C=O) groups excluding carboxylic acids is 6. The van der Waals surface area contributed by atoms with Crippen molar-refractivity contribution in [1.82, 2.24) is 40.8 Å². The van der Waals surface area contributed by atoms with Crippen LogP contribution >= 0.6 is 139 Å².